The smallest absolute Gasteiger partial charge is 0.312 e. The van der Waals surface area contributed by atoms with E-state index in [1.165, 1.54) is 72.5 Å². The molecule has 5 aromatic rings. The molecule has 9 N–H and O–H groups in total. The van der Waals surface area contributed by atoms with Gasteiger partial charge in [0, 0.05) is 160 Å². The van der Waals surface area contributed by atoms with Crippen molar-refractivity contribution in [1.29, 1.82) is 0 Å². The predicted octanol–water partition coefficient (Wildman–Crippen LogP) is 8.84. The fourth-order valence-corrected chi connectivity index (χ4v) is 15.1. The van der Waals surface area contributed by atoms with Crippen LogP contribution in [0.4, 0.5) is 21.9 Å². The number of ether oxygens (including phenoxy) is 5. The van der Waals surface area contributed by atoms with Gasteiger partial charge < -0.3 is 79.8 Å². The summed E-state index contributed by atoms with van der Waals surface area (Å²) in [6.45, 7) is 18.4. The maximum Gasteiger partial charge on any atom is 0.312 e. The Bertz CT molecular complexity index is 4440. The molecule has 28 heteroatoms. The number of Topliss-reactive ketones (excluding diaryl/α,β-unsaturated/α-hetero) is 2. The number of amides is 7. The Balaban J connectivity index is 0.944. The maximum absolute atomic E-state index is 15.2. The van der Waals surface area contributed by atoms with E-state index in [1.807, 2.05) is 44.2 Å². The minimum absolute atomic E-state index is 0.0593. The van der Waals surface area contributed by atoms with Gasteiger partial charge in [-0.2, -0.15) is 0 Å². The summed E-state index contributed by atoms with van der Waals surface area (Å²) in [7, 11) is 7.23. The molecule has 0 unspecified atom stereocenters. The van der Waals surface area contributed by atoms with Gasteiger partial charge in [0.1, 0.15) is 40.9 Å². The number of hydrogen-bond donors (Lipinski definition) is 8. The monoisotopic (exact) mass is 1490 g/mol. The van der Waals surface area contributed by atoms with E-state index in [1.54, 1.807) is 45.9 Å². The lowest BCUT2D eigenvalue weighted by Crippen LogP contribution is -2.53. The molecule has 0 saturated carbocycles. The molecule has 7 amide bonds. The largest absolute Gasteiger partial charge is 0.505 e. The van der Waals surface area contributed by atoms with Crippen LogP contribution in [0.15, 0.2) is 93.9 Å². The SMILES string of the molecule is COc1cc(N2CCC([N+](C)(C)Cc3ccc(NC(=O)[C@H](CCCNC(N)=O)CC(=O)[C@@H](NC(=O)CCCCCN4C(=O)C=CC4=O)C(C)C)cc3)CC2)cc2oc3c4c(O)c5c(=O)c(C)c6c(c5c3nc12)C(=O)[C@@](C)(O/C=C/[C@H](OC)[C@@H](C)[C@@H](OC(C)=O)[C@H](C)[C@H](O)[C@H](C)[C@@H](O)[C@@H](C)/C=C/C=C(/C)C(=O)N4)O6. The molecular weight excluding hydrogens is 1390 g/mol. The van der Waals surface area contributed by atoms with Crippen molar-refractivity contribution in [2.45, 2.75) is 176 Å². The molecule has 0 aliphatic carbocycles. The summed E-state index contributed by atoms with van der Waals surface area (Å²) in [5, 5.41) is 46.6. The number of carbonyl (C=O) groups is 9. The molecule has 28 nitrogen and oxygen atoms in total. The zero-order chi connectivity index (χ0) is 79.0. The number of primary amides is 1. The molecule has 4 aliphatic rings. The Morgan fingerprint density at radius 2 is 1.56 bits per heavy atom. The van der Waals surface area contributed by atoms with Crippen molar-refractivity contribution in [3.63, 3.8) is 0 Å². The highest BCUT2D eigenvalue weighted by Crippen LogP contribution is 2.49. The van der Waals surface area contributed by atoms with Crippen LogP contribution in [0.1, 0.15) is 142 Å². The summed E-state index contributed by atoms with van der Waals surface area (Å²) in [6.07, 6.45) is 9.43. The fraction of sp³-hybridized carbons (Fsp3) is 0.512. The number of phenolic OH excluding ortho intramolecular Hbond substituents is 1. The van der Waals surface area contributed by atoms with E-state index >= 15 is 4.79 Å². The molecule has 0 radical (unpaired) electrons. The number of benzene rings is 4. The number of fused-ring (bicyclic) bond motifs is 2. The zero-order valence-corrected chi connectivity index (χ0v) is 64.1. The molecule has 4 aliphatic heterocycles. The van der Waals surface area contributed by atoms with Crippen molar-refractivity contribution in [2.24, 2.45) is 41.2 Å². The first kappa shape index (κ1) is 82.0. The number of rotatable bonds is 24. The van der Waals surface area contributed by atoms with Crippen LogP contribution in [-0.4, -0.2) is 180 Å². The van der Waals surface area contributed by atoms with Gasteiger partial charge in [-0.15, -0.1) is 0 Å². The number of nitrogens with one attached hydrogen (secondary N) is 4. The lowest BCUT2D eigenvalue weighted by atomic mass is 9.78. The third-order valence-corrected chi connectivity index (χ3v) is 21.6. The number of ketones is 2. The number of aliphatic hydroxyl groups is 2. The van der Waals surface area contributed by atoms with Crippen LogP contribution in [-0.2, 0) is 54.3 Å². The number of unbranched alkanes of at least 4 members (excludes halogenated alkanes) is 2. The molecular formula is C80H104N9O19+. The molecule has 4 aromatic carbocycles. The number of aromatic nitrogens is 1. The van der Waals surface area contributed by atoms with Crippen molar-refractivity contribution in [3.8, 4) is 17.2 Å². The average Bonchev–Trinajstić information content (AvgIpc) is 1.41. The highest BCUT2D eigenvalue weighted by Gasteiger charge is 2.50. The standard InChI is InChI=1S/C80H103N9O19/c1-42(2)65(84-59(92)23-16-15-17-34-88-60(93)28-29-61(88)94)55(91)38-51(22-19-33-82-79(81)102)78(101)83-52-26-24-50(25-27-52)41-89(11,12)54-30-35-87(36-31-54)53-39-57(104-14)66-58(40-53)107-75-67(85-66)62-63-71(97)48(8)74-64(62)76(99)80(10,108-74)105-37-32-56(103-13)45(5)73(106-49(9)90)47(7)70(96)46(6)69(95)43(3)20-18-21-44(4)77(100)86-68(75)72(63)98/h18,20-21,24-29,32,37,39-40,42-43,45-47,51,54,56,65,69-70,73,95-96H,15-17,19,22-23,30-31,33-36,38,41H2,1-14H3,(H6-,81,82,83,84,85,86,92,97,98,99,100,101,102)/p+1/b20-18+,37-32+,44-21-/t43-,45+,46+,47+,51+,56-,65-,69-,70+,73+,80-/m0/s1. The number of hydrogen-bond acceptors (Lipinski definition) is 21. The van der Waals surface area contributed by atoms with E-state index in [0.29, 0.717) is 61.2 Å². The van der Waals surface area contributed by atoms with E-state index in [2.05, 4.69) is 40.3 Å². The number of piperidine rings is 1. The van der Waals surface area contributed by atoms with Crippen LogP contribution in [0.2, 0.25) is 0 Å². The lowest BCUT2D eigenvalue weighted by Gasteiger charge is -2.43. The first-order chi connectivity index (χ1) is 51.1. The van der Waals surface area contributed by atoms with E-state index < -0.39 is 107 Å². The number of esters is 1. The highest BCUT2D eigenvalue weighted by molar-refractivity contribution is 6.26. The van der Waals surface area contributed by atoms with Crippen LogP contribution in [0, 0.1) is 42.4 Å². The number of aromatic hydroxyl groups is 1. The van der Waals surface area contributed by atoms with Gasteiger partial charge in [0.25, 0.3) is 23.5 Å². The number of imide groups is 1. The minimum atomic E-state index is -2.14. The van der Waals surface area contributed by atoms with Gasteiger partial charge in [0.2, 0.25) is 11.8 Å². The number of aliphatic hydroxyl groups excluding tert-OH is 2. The van der Waals surface area contributed by atoms with Gasteiger partial charge in [-0.3, -0.25) is 48.1 Å². The molecule has 11 atom stereocenters. The third kappa shape index (κ3) is 18.4. The fourth-order valence-electron chi connectivity index (χ4n) is 15.1. The lowest BCUT2D eigenvalue weighted by molar-refractivity contribution is -0.928. The zero-order valence-electron chi connectivity index (χ0n) is 64.1. The quantitative estimate of drug-likeness (QED) is 0.00543. The first-order valence-electron chi connectivity index (χ1n) is 36.9. The Hall–Kier alpha value is -10.0. The second-order valence-corrected chi connectivity index (χ2v) is 30.1. The topological polar surface area (TPSA) is 384 Å². The number of quaternary nitrogens is 1. The van der Waals surface area contributed by atoms with Gasteiger partial charge in [-0.05, 0) is 63.7 Å². The molecule has 4 bridgehead atoms. The molecule has 1 saturated heterocycles. The first-order valence-corrected chi connectivity index (χ1v) is 36.9. The van der Waals surface area contributed by atoms with E-state index in [0.717, 1.165) is 23.3 Å². The van der Waals surface area contributed by atoms with Crippen LogP contribution in [0.3, 0.4) is 0 Å². The summed E-state index contributed by atoms with van der Waals surface area (Å²) in [4.78, 5) is 142. The summed E-state index contributed by atoms with van der Waals surface area (Å²) in [6, 6.07) is 9.74. The average molecular weight is 1500 g/mol. The van der Waals surface area contributed by atoms with E-state index in [9.17, 15) is 58.5 Å². The number of carbonyl (C=O) groups excluding carboxylic acids is 9. The summed E-state index contributed by atoms with van der Waals surface area (Å²) in [5.41, 5.74) is 6.41. The van der Waals surface area contributed by atoms with Crippen molar-refractivity contribution < 1.29 is 91.1 Å². The van der Waals surface area contributed by atoms with Crippen molar-refractivity contribution >= 4 is 103 Å². The van der Waals surface area contributed by atoms with E-state index in [-0.39, 0.29) is 135 Å². The van der Waals surface area contributed by atoms with Crippen molar-refractivity contribution in [2.75, 3.05) is 70.0 Å². The Morgan fingerprint density at radius 1 is 0.870 bits per heavy atom. The van der Waals surface area contributed by atoms with Crippen LogP contribution >= 0.6 is 0 Å². The van der Waals surface area contributed by atoms with Gasteiger partial charge >= 0.3 is 17.8 Å². The van der Waals surface area contributed by atoms with Crippen molar-refractivity contribution in [1.82, 2.24) is 20.5 Å². The Morgan fingerprint density at radius 3 is 2.19 bits per heavy atom. The molecule has 108 heavy (non-hydrogen) atoms. The second-order valence-electron chi connectivity index (χ2n) is 30.1. The molecule has 1 fully saturated rings. The Kier molecular flexibility index (Phi) is 26.5. The van der Waals surface area contributed by atoms with Gasteiger partial charge in [0.05, 0.1) is 68.8 Å². The van der Waals surface area contributed by atoms with Crippen molar-refractivity contribution in [3.05, 3.63) is 112 Å². The summed E-state index contributed by atoms with van der Waals surface area (Å²) >= 11 is 0. The summed E-state index contributed by atoms with van der Waals surface area (Å²) < 4.78 is 37.7. The predicted molar refractivity (Wildman–Crippen MR) is 406 cm³/mol. The Labute approximate surface area is 628 Å². The minimum Gasteiger partial charge on any atom is -0.505 e. The molecule has 9 rings (SSSR count). The summed E-state index contributed by atoms with van der Waals surface area (Å²) in [5.74, 6) is -10.4. The number of anilines is 3. The molecule has 0 spiro atoms. The second kappa shape index (κ2) is 34.9. The van der Waals surface area contributed by atoms with Crippen LogP contribution in [0.25, 0.3) is 33.0 Å². The maximum atomic E-state index is 15.2. The van der Waals surface area contributed by atoms with Gasteiger partial charge in [-0.1, -0.05) is 78.3 Å². The van der Waals surface area contributed by atoms with Gasteiger partial charge in [-0.25, -0.2) is 9.78 Å². The molecule has 582 valence electrons. The highest BCUT2D eigenvalue weighted by atomic mass is 16.7. The normalized spacial score (nSPS) is 24.1. The number of allylic oxidation sites excluding steroid dienone is 2. The van der Waals surface area contributed by atoms with Crippen LogP contribution < -0.4 is 46.8 Å². The van der Waals surface area contributed by atoms with Gasteiger partial charge in [0.15, 0.2) is 28.1 Å². The van der Waals surface area contributed by atoms with E-state index in [4.69, 9.17) is 38.8 Å². The molecule has 1 aromatic heterocycles. The number of methoxy groups -OCH3 is 2. The number of urea groups is 1. The third-order valence-electron chi connectivity index (χ3n) is 21.6. The molecule has 5 heterocycles. The number of nitrogens with two attached hydrogens (primary N) is 1. The number of phenols is 1. The number of nitrogens with zero attached hydrogens (tertiary/aromatic N) is 4. The van der Waals surface area contributed by atoms with Crippen LogP contribution in [0.5, 0.6) is 17.2 Å².